The van der Waals surface area contributed by atoms with E-state index in [9.17, 15) is 0 Å². The van der Waals surface area contributed by atoms with Gasteiger partial charge in [0.1, 0.15) is 0 Å². The van der Waals surface area contributed by atoms with Crippen molar-refractivity contribution in [3.63, 3.8) is 0 Å². The van der Waals surface area contributed by atoms with Crippen LogP contribution in [0.15, 0.2) is 42.6 Å². The van der Waals surface area contributed by atoms with Crippen LogP contribution in [0.2, 0.25) is 5.02 Å². The van der Waals surface area contributed by atoms with E-state index in [0.717, 1.165) is 41.6 Å². The molecule has 0 saturated heterocycles. The number of hydrogen-bond donors (Lipinski definition) is 1. The molecule has 0 amide bonds. The maximum absolute atomic E-state index is 6.33. The monoisotopic (exact) mass is 289 g/mol. The zero-order valence-electron chi connectivity index (χ0n) is 11.9. The normalized spacial score (nSPS) is 10.6. The minimum atomic E-state index is 0.764. The number of hydrogen-bond acceptors (Lipinski definition) is 3. The van der Waals surface area contributed by atoms with Crippen LogP contribution < -0.4 is 10.2 Å². The molecule has 1 heterocycles. The largest absolute Gasteiger partial charge is 0.368 e. The number of pyridine rings is 1. The first-order valence-electron chi connectivity index (χ1n) is 6.81. The van der Waals surface area contributed by atoms with E-state index in [1.807, 2.05) is 36.5 Å². The molecule has 20 heavy (non-hydrogen) atoms. The van der Waals surface area contributed by atoms with Crippen molar-refractivity contribution < 1.29 is 0 Å². The van der Waals surface area contributed by atoms with Crippen molar-refractivity contribution in [1.82, 2.24) is 10.3 Å². The third kappa shape index (κ3) is 3.71. The molecule has 0 aliphatic heterocycles. The van der Waals surface area contributed by atoms with Crippen molar-refractivity contribution in [2.24, 2.45) is 0 Å². The Bertz CT molecular complexity index is 543. The van der Waals surface area contributed by atoms with Gasteiger partial charge in [0.05, 0.1) is 12.2 Å². The Balaban J connectivity index is 2.20. The second kappa shape index (κ2) is 7.27. The maximum atomic E-state index is 6.33. The fraction of sp³-hybridized carbons (Fsp3) is 0.312. The number of rotatable bonds is 6. The summed E-state index contributed by atoms with van der Waals surface area (Å²) in [6.07, 6.45) is 1.82. The van der Waals surface area contributed by atoms with Gasteiger partial charge in [-0.1, -0.05) is 30.7 Å². The van der Waals surface area contributed by atoms with Crippen molar-refractivity contribution >= 4 is 17.3 Å². The second-order valence-electron chi connectivity index (χ2n) is 4.69. The van der Waals surface area contributed by atoms with Crippen molar-refractivity contribution in [2.75, 3.05) is 18.5 Å². The van der Waals surface area contributed by atoms with Crippen LogP contribution in [-0.2, 0) is 13.1 Å². The van der Waals surface area contributed by atoms with Crippen molar-refractivity contribution in [2.45, 2.75) is 20.0 Å². The number of aromatic nitrogens is 1. The first-order chi connectivity index (χ1) is 9.72. The lowest BCUT2D eigenvalue weighted by atomic mass is 10.1. The highest BCUT2D eigenvalue weighted by molar-refractivity contribution is 6.31. The van der Waals surface area contributed by atoms with Gasteiger partial charge in [-0.15, -0.1) is 0 Å². The maximum Gasteiger partial charge on any atom is 0.0598 e. The molecule has 0 fully saturated rings. The third-order valence-electron chi connectivity index (χ3n) is 3.18. The van der Waals surface area contributed by atoms with E-state index in [1.54, 1.807) is 0 Å². The molecule has 1 N–H and O–H groups in total. The molecule has 0 radical (unpaired) electrons. The van der Waals surface area contributed by atoms with Gasteiger partial charge >= 0.3 is 0 Å². The van der Waals surface area contributed by atoms with Crippen LogP contribution >= 0.6 is 11.6 Å². The minimum absolute atomic E-state index is 0.764. The summed E-state index contributed by atoms with van der Waals surface area (Å²) in [5, 5.41) is 4.14. The third-order valence-corrected chi connectivity index (χ3v) is 3.54. The molecule has 0 spiro atoms. The Morgan fingerprint density at radius 2 is 2.05 bits per heavy atom. The number of benzene rings is 1. The van der Waals surface area contributed by atoms with Crippen LogP contribution in [0.25, 0.3) is 0 Å². The van der Waals surface area contributed by atoms with E-state index in [2.05, 4.69) is 35.2 Å². The Kier molecular flexibility index (Phi) is 5.39. The van der Waals surface area contributed by atoms with Crippen molar-refractivity contribution in [1.29, 1.82) is 0 Å². The van der Waals surface area contributed by atoms with Gasteiger partial charge in [0.2, 0.25) is 0 Å². The summed E-state index contributed by atoms with van der Waals surface area (Å²) in [5.74, 6) is 0. The lowest BCUT2D eigenvalue weighted by Gasteiger charge is -2.23. The summed E-state index contributed by atoms with van der Waals surface area (Å²) in [6, 6.07) is 12.0. The highest BCUT2D eigenvalue weighted by Crippen LogP contribution is 2.27. The number of halogens is 1. The molecular weight excluding hydrogens is 270 g/mol. The quantitative estimate of drug-likeness (QED) is 0.882. The molecule has 0 aliphatic carbocycles. The van der Waals surface area contributed by atoms with Gasteiger partial charge in [0.25, 0.3) is 0 Å². The predicted octanol–water partition coefficient (Wildman–Crippen LogP) is 3.48. The Morgan fingerprint density at radius 1 is 1.20 bits per heavy atom. The SMILES string of the molecule is CCNCc1c(Cl)cccc1N(C)Cc1ccccn1. The van der Waals surface area contributed by atoms with E-state index in [0.29, 0.717) is 0 Å². The standard InChI is InChI=1S/C16H20ClN3/c1-3-18-11-14-15(17)8-6-9-16(14)20(2)12-13-7-4-5-10-19-13/h4-10,18H,3,11-12H2,1-2H3. The van der Waals surface area contributed by atoms with Crippen LogP contribution in [0.1, 0.15) is 18.2 Å². The molecule has 0 unspecified atom stereocenters. The molecule has 0 atom stereocenters. The lowest BCUT2D eigenvalue weighted by Crippen LogP contribution is -2.21. The van der Waals surface area contributed by atoms with Gasteiger partial charge in [0.15, 0.2) is 0 Å². The molecule has 106 valence electrons. The molecule has 3 nitrogen and oxygen atoms in total. The van der Waals surface area contributed by atoms with Gasteiger partial charge < -0.3 is 10.2 Å². The summed E-state index contributed by atoms with van der Waals surface area (Å²) in [6.45, 7) is 4.56. The molecule has 4 heteroatoms. The van der Waals surface area contributed by atoms with Gasteiger partial charge in [-0.3, -0.25) is 4.98 Å². The van der Waals surface area contributed by atoms with Gasteiger partial charge in [-0.05, 0) is 30.8 Å². The average Bonchev–Trinajstić information content (AvgIpc) is 2.47. The smallest absolute Gasteiger partial charge is 0.0598 e. The Labute approximate surface area is 125 Å². The van der Waals surface area contributed by atoms with E-state index in [1.165, 1.54) is 0 Å². The summed E-state index contributed by atoms with van der Waals surface area (Å²) in [7, 11) is 2.07. The highest BCUT2D eigenvalue weighted by atomic mass is 35.5. The molecule has 0 bridgehead atoms. The topological polar surface area (TPSA) is 28.2 Å². The summed E-state index contributed by atoms with van der Waals surface area (Å²) in [5.41, 5.74) is 3.32. The van der Waals surface area contributed by atoms with Gasteiger partial charge in [-0.2, -0.15) is 0 Å². The number of anilines is 1. The Morgan fingerprint density at radius 3 is 2.75 bits per heavy atom. The minimum Gasteiger partial charge on any atom is -0.368 e. The van der Waals surface area contributed by atoms with Crippen molar-refractivity contribution in [3.8, 4) is 0 Å². The second-order valence-corrected chi connectivity index (χ2v) is 5.10. The van der Waals surface area contributed by atoms with E-state index >= 15 is 0 Å². The molecule has 0 saturated carbocycles. The number of nitrogens with zero attached hydrogens (tertiary/aromatic N) is 2. The van der Waals surface area contributed by atoms with Crippen LogP contribution in [0.5, 0.6) is 0 Å². The molecule has 1 aromatic carbocycles. The predicted molar refractivity (Wildman–Crippen MR) is 85.2 cm³/mol. The number of nitrogens with one attached hydrogen (secondary N) is 1. The first-order valence-corrected chi connectivity index (χ1v) is 7.19. The van der Waals surface area contributed by atoms with E-state index in [4.69, 9.17) is 11.6 Å². The van der Waals surface area contributed by atoms with Crippen LogP contribution in [0.4, 0.5) is 5.69 Å². The molecular formula is C16H20ClN3. The summed E-state index contributed by atoms with van der Waals surface area (Å²) >= 11 is 6.33. The zero-order chi connectivity index (χ0) is 14.4. The highest BCUT2D eigenvalue weighted by Gasteiger charge is 2.11. The lowest BCUT2D eigenvalue weighted by molar-refractivity contribution is 0.722. The van der Waals surface area contributed by atoms with E-state index in [-0.39, 0.29) is 0 Å². The fourth-order valence-corrected chi connectivity index (χ4v) is 2.39. The first kappa shape index (κ1) is 14.8. The fourth-order valence-electron chi connectivity index (χ4n) is 2.15. The Hall–Kier alpha value is -1.58. The summed E-state index contributed by atoms with van der Waals surface area (Å²) < 4.78 is 0. The molecule has 2 rings (SSSR count). The molecule has 2 aromatic rings. The van der Waals surface area contributed by atoms with E-state index < -0.39 is 0 Å². The average molecular weight is 290 g/mol. The molecule has 0 aliphatic rings. The summed E-state index contributed by atoms with van der Waals surface area (Å²) in [4.78, 5) is 6.55. The van der Waals surface area contributed by atoms with Crippen molar-refractivity contribution in [3.05, 3.63) is 58.9 Å². The van der Waals surface area contributed by atoms with Gasteiger partial charge in [0, 0.05) is 36.1 Å². The van der Waals surface area contributed by atoms with Crippen LogP contribution in [0.3, 0.4) is 0 Å². The van der Waals surface area contributed by atoms with Crippen LogP contribution in [-0.4, -0.2) is 18.6 Å². The van der Waals surface area contributed by atoms with Gasteiger partial charge in [-0.25, -0.2) is 0 Å². The zero-order valence-corrected chi connectivity index (χ0v) is 12.7. The molecule has 1 aromatic heterocycles. The van der Waals surface area contributed by atoms with Crippen LogP contribution in [0, 0.1) is 0 Å².